The first-order valence-corrected chi connectivity index (χ1v) is 7.39. The van der Waals surface area contributed by atoms with Gasteiger partial charge in [0, 0.05) is 10.5 Å². The maximum Gasteiger partial charge on any atom is 0.261 e. The zero-order valence-electron chi connectivity index (χ0n) is 9.40. The summed E-state index contributed by atoms with van der Waals surface area (Å²) in [7, 11) is -3.95. The van der Waals surface area contributed by atoms with Crippen molar-refractivity contribution < 1.29 is 17.2 Å². The summed E-state index contributed by atoms with van der Waals surface area (Å²) < 4.78 is 53.0. The molecular weight excluding hydrogens is 340 g/mol. The second-order valence-corrected chi connectivity index (χ2v) is 6.28. The van der Waals surface area contributed by atoms with Gasteiger partial charge in [0.25, 0.3) is 10.0 Å². The minimum absolute atomic E-state index is 0.0423. The van der Waals surface area contributed by atoms with Gasteiger partial charge in [-0.25, -0.2) is 17.2 Å². The highest BCUT2D eigenvalue weighted by Crippen LogP contribution is 2.21. The molecule has 0 radical (unpaired) electrons. The highest BCUT2D eigenvalue weighted by Gasteiger charge is 2.16. The number of nitrogens with one attached hydrogen (secondary N) is 1. The van der Waals surface area contributed by atoms with E-state index in [0.29, 0.717) is 4.47 Å². The molecule has 0 aliphatic rings. The van der Waals surface area contributed by atoms with Crippen molar-refractivity contribution >= 4 is 31.6 Å². The van der Waals surface area contributed by atoms with Crippen LogP contribution in [0.3, 0.4) is 0 Å². The lowest BCUT2D eigenvalue weighted by Crippen LogP contribution is -2.14. The molecule has 0 saturated heterocycles. The SMILES string of the molecule is O=S(=O)(Nc1cc(F)ccc1F)c1ccc(Br)cc1. The monoisotopic (exact) mass is 347 g/mol. The van der Waals surface area contributed by atoms with Gasteiger partial charge in [0.05, 0.1) is 10.6 Å². The largest absolute Gasteiger partial charge is 0.277 e. The van der Waals surface area contributed by atoms with E-state index < -0.39 is 27.3 Å². The summed E-state index contributed by atoms with van der Waals surface area (Å²) in [6, 6.07) is 8.33. The molecule has 19 heavy (non-hydrogen) atoms. The fraction of sp³-hybridized carbons (Fsp3) is 0. The molecule has 0 saturated carbocycles. The molecule has 2 aromatic rings. The molecule has 0 aromatic heterocycles. The van der Waals surface area contributed by atoms with Gasteiger partial charge in [-0.1, -0.05) is 15.9 Å². The second-order valence-electron chi connectivity index (χ2n) is 3.68. The lowest BCUT2D eigenvalue weighted by atomic mass is 10.3. The van der Waals surface area contributed by atoms with Crippen LogP contribution in [0.4, 0.5) is 14.5 Å². The highest BCUT2D eigenvalue weighted by molar-refractivity contribution is 9.10. The number of sulfonamides is 1. The van der Waals surface area contributed by atoms with Crippen LogP contribution < -0.4 is 4.72 Å². The Morgan fingerprint density at radius 2 is 1.63 bits per heavy atom. The van der Waals surface area contributed by atoms with E-state index in [1.54, 1.807) is 0 Å². The number of rotatable bonds is 3. The van der Waals surface area contributed by atoms with E-state index in [2.05, 4.69) is 15.9 Å². The van der Waals surface area contributed by atoms with Crippen LogP contribution in [0.5, 0.6) is 0 Å². The lowest BCUT2D eigenvalue weighted by Gasteiger charge is -2.09. The molecule has 0 amide bonds. The topological polar surface area (TPSA) is 46.2 Å². The van der Waals surface area contributed by atoms with Crippen LogP contribution in [0.1, 0.15) is 0 Å². The van der Waals surface area contributed by atoms with Crippen LogP contribution in [-0.4, -0.2) is 8.42 Å². The molecule has 0 aliphatic heterocycles. The standard InChI is InChI=1S/C12H8BrF2NO2S/c13-8-1-4-10(5-2-8)19(17,18)16-12-7-9(14)3-6-11(12)15/h1-7,16H. The van der Waals surface area contributed by atoms with E-state index >= 15 is 0 Å². The van der Waals surface area contributed by atoms with Gasteiger partial charge < -0.3 is 0 Å². The maximum absolute atomic E-state index is 13.4. The Labute approximate surface area is 117 Å². The third-order valence-electron chi connectivity index (χ3n) is 2.30. The Bertz CT molecular complexity index is 702. The molecule has 0 bridgehead atoms. The van der Waals surface area contributed by atoms with Gasteiger partial charge in [-0.3, -0.25) is 4.72 Å². The minimum atomic E-state index is -3.95. The Morgan fingerprint density at radius 3 is 2.26 bits per heavy atom. The third-order valence-corrected chi connectivity index (χ3v) is 4.21. The van der Waals surface area contributed by atoms with E-state index in [1.165, 1.54) is 24.3 Å². The van der Waals surface area contributed by atoms with Crippen molar-refractivity contribution in [2.45, 2.75) is 4.90 Å². The predicted molar refractivity (Wildman–Crippen MR) is 71.3 cm³/mol. The van der Waals surface area contributed by atoms with E-state index in [9.17, 15) is 17.2 Å². The van der Waals surface area contributed by atoms with Gasteiger partial charge in [-0.05, 0) is 36.4 Å². The van der Waals surface area contributed by atoms with Gasteiger partial charge in [-0.2, -0.15) is 0 Å². The summed E-state index contributed by atoms with van der Waals surface area (Å²) in [5, 5.41) is 0. The Morgan fingerprint density at radius 1 is 1.00 bits per heavy atom. The van der Waals surface area contributed by atoms with Gasteiger partial charge in [-0.15, -0.1) is 0 Å². The molecule has 0 heterocycles. The number of hydrogen-bond donors (Lipinski definition) is 1. The van der Waals surface area contributed by atoms with Crippen LogP contribution in [0.25, 0.3) is 0 Å². The smallest absolute Gasteiger partial charge is 0.261 e. The zero-order valence-corrected chi connectivity index (χ0v) is 11.8. The molecule has 2 aromatic carbocycles. The summed E-state index contributed by atoms with van der Waals surface area (Å²) in [6.45, 7) is 0. The number of halogens is 3. The molecule has 100 valence electrons. The summed E-state index contributed by atoms with van der Waals surface area (Å²) in [5.41, 5.74) is -0.428. The Hall–Kier alpha value is -1.47. The maximum atomic E-state index is 13.4. The first-order valence-electron chi connectivity index (χ1n) is 5.12. The fourth-order valence-corrected chi connectivity index (χ4v) is 2.72. The van der Waals surface area contributed by atoms with E-state index in [1.807, 2.05) is 4.72 Å². The molecule has 0 spiro atoms. The van der Waals surface area contributed by atoms with Crippen LogP contribution in [0.2, 0.25) is 0 Å². The second kappa shape index (κ2) is 5.26. The van der Waals surface area contributed by atoms with E-state index in [0.717, 1.165) is 18.2 Å². The number of benzene rings is 2. The van der Waals surface area contributed by atoms with Crippen LogP contribution in [0.15, 0.2) is 51.8 Å². The average Bonchev–Trinajstić information content (AvgIpc) is 2.34. The van der Waals surface area contributed by atoms with Gasteiger partial charge >= 0.3 is 0 Å². The summed E-state index contributed by atoms with van der Waals surface area (Å²) >= 11 is 3.18. The minimum Gasteiger partial charge on any atom is -0.277 e. The van der Waals surface area contributed by atoms with Crippen LogP contribution >= 0.6 is 15.9 Å². The van der Waals surface area contributed by atoms with Gasteiger partial charge in [0.1, 0.15) is 11.6 Å². The molecule has 2 rings (SSSR count). The number of anilines is 1. The first-order chi connectivity index (χ1) is 8.88. The highest BCUT2D eigenvalue weighted by atomic mass is 79.9. The van der Waals surface area contributed by atoms with Crippen LogP contribution in [0, 0.1) is 11.6 Å². The first kappa shape index (κ1) is 14.0. The molecule has 7 heteroatoms. The van der Waals surface area contributed by atoms with Gasteiger partial charge in [0.2, 0.25) is 0 Å². The summed E-state index contributed by atoms with van der Waals surface area (Å²) in [6.07, 6.45) is 0. The van der Waals surface area contributed by atoms with Gasteiger partial charge in [0.15, 0.2) is 0 Å². The molecular formula is C12H8BrF2NO2S. The van der Waals surface area contributed by atoms with Crippen molar-refractivity contribution in [3.8, 4) is 0 Å². The lowest BCUT2D eigenvalue weighted by molar-refractivity contribution is 0.594. The number of hydrogen-bond acceptors (Lipinski definition) is 2. The van der Waals surface area contributed by atoms with Crippen LogP contribution in [-0.2, 0) is 10.0 Å². The van der Waals surface area contributed by atoms with E-state index in [-0.39, 0.29) is 4.90 Å². The summed E-state index contributed by atoms with van der Waals surface area (Å²) in [5.74, 6) is -1.57. The van der Waals surface area contributed by atoms with Crippen molar-refractivity contribution in [2.24, 2.45) is 0 Å². The third kappa shape index (κ3) is 3.30. The molecule has 0 fully saturated rings. The molecule has 0 aliphatic carbocycles. The molecule has 1 N–H and O–H groups in total. The predicted octanol–water partition coefficient (Wildman–Crippen LogP) is 3.53. The van der Waals surface area contributed by atoms with Crippen molar-refractivity contribution in [2.75, 3.05) is 4.72 Å². The Balaban J connectivity index is 2.36. The quantitative estimate of drug-likeness (QED) is 0.923. The van der Waals surface area contributed by atoms with Crippen molar-refractivity contribution in [1.82, 2.24) is 0 Å². The summed E-state index contributed by atoms with van der Waals surface area (Å²) in [4.78, 5) is -0.0423. The Kier molecular flexibility index (Phi) is 3.86. The average molecular weight is 348 g/mol. The zero-order chi connectivity index (χ0) is 14.0. The molecule has 3 nitrogen and oxygen atoms in total. The molecule has 0 atom stereocenters. The van der Waals surface area contributed by atoms with Crippen molar-refractivity contribution in [3.05, 3.63) is 58.6 Å². The normalized spacial score (nSPS) is 11.3. The molecule has 0 unspecified atom stereocenters. The fourth-order valence-electron chi connectivity index (χ4n) is 1.39. The van der Waals surface area contributed by atoms with Crippen molar-refractivity contribution in [3.63, 3.8) is 0 Å². The van der Waals surface area contributed by atoms with Crippen molar-refractivity contribution in [1.29, 1.82) is 0 Å². The van der Waals surface area contributed by atoms with E-state index in [4.69, 9.17) is 0 Å².